The van der Waals surface area contributed by atoms with Crippen molar-refractivity contribution in [1.82, 2.24) is 19.9 Å². The molecular weight excluding hydrogens is 489 g/mol. The molecule has 10 heteroatoms. The topological polar surface area (TPSA) is 89.9 Å². The summed E-state index contributed by atoms with van der Waals surface area (Å²) in [5, 5.41) is 2.23. The van der Waals surface area contributed by atoms with Gasteiger partial charge in [-0.15, -0.1) is 0 Å². The number of ether oxygens (including phenoxy) is 3. The van der Waals surface area contributed by atoms with Crippen molar-refractivity contribution >= 4 is 33.6 Å². The molecule has 3 heterocycles. The Hall–Kier alpha value is -4.05. The minimum Gasteiger partial charge on any atom is -0.467 e. The molecule has 0 unspecified atom stereocenters. The summed E-state index contributed by atoms with van der Waals surface area (Å²) in [5.74, 6) is 0.478. The molecule has 0 radical (unpaired) electrons. The number of methoxy groups -OCH3 is 1. The van der Waals surface area contributed by atoms with E-state index in [4.69, 9.17) is 14.2 Å². The monoisotopic (exact) mass is 519 g/mol. The number of anilines is 1. The molecule has 1 amide bonds. The lowest BCUT2D eigenvalue weighted by molar-refractivity contribution is 0.0240. The number of pyridine rings is 1. The lowest BCUT2D eigenvalue weighted by Crippen LogP contribution is -2.50. The number of carbonyl (C=O) groups excluding carboxylic acids is 1. The largest absolute Gasteiger partial charge is 0.467 e. The average molecular weight is 520 g/mol. The Balaban J connectivity index is 1.50. The number of piperazine rings is 1. The van der Waals surface area contributed by atoms with Crippen LogP contribution in [0.15, 0.2) is 48.9 Å². The third-order valence-corrected chi connectivity index (χ3v) is 6.29. The normalized spacial score (nSPS) is 14.2. The Kier molecular flexibility index (Phi) is 6.98. The van der Waals surface area contributed by atoms with Gasteiger partial charge in [0.2, 0.25) is 0 Å². The zero-order valence-corrected chi connectivity index (χ0v) is 21.9. The smallest absolute Gasteiger partial charge is 0.410 e. The van der Waals surface area contributed by atoms with Crippen molar-refractivity contribution < 1.29 is 23.4 Å². The number of amides is 1. The highest BCUT2D eigenvalue weighted by Gasteiger charge is 2.28. The lowest BCUT2D eigenvalue weighted by Gasteiger charge is -2.36. The SMILES string of the molecule is COCOc1ccc2ccccc2c1-c1ncc2c(N3CCN(C(=O)OC(C)(C)C)CC3)ncnc2c1F. The molecule has 1 aliphatic heterocycles. The Morgan fingerprint density at radius 2 is 1.76 bits per heavy atom. The highest BCUT2D eigenvalue weighted by molar-refractivity contribution is 6.01. The van der Waals surface area contributed by atoms with Crippen LogP contribution in [0.25, 0.3) is 32.9 Å². The van der Waals surface area contributed by atoms with Crippen LogP contribution in [0.4, 0.5) is 15.0 Å². The number of aromatic nitrogens is 3. The second-order valence-electron chi connectivity index (χ2n) is 10.0. The Bertz CT molecular complexity index is 1480. The fraction of sp³-hybridized carbons (Fsp3) is 0.357. The summed E-state index contributed by atoms with van der Waals surface area (Å²) in [6, 6.07) is 11.4. The first-order chi connectivity index (χ1) is 18.3. The number of fused-ring (bicyclic) bond motifs is 2. The van der Waals surface area contributed by atoms with Gasteiger partial charge >= 0.3 is 6.09 Å². The van der Waals surface area contributed by atoms with E-state index >= 15 is 4.39 Å². The van der Waals surface area contributed by atoms with E-state index in [-0.39, 0.29) is 24.1 Å². The molecule has 0 spiro atoms. The maximum absolute atomic E-state index is 16.1. The van der Waals surface area contributed by atoms with E-state index in [9.17, 15) is 4.79 Å². The van der Waals surface area contributed by atoms with Gasteiger partial charge in [-0.3, -0.25) is 4.98 Å². The van der Waals surface area contributed by atoms with Gasteiger partial charge in [0, 0.05) is 39.5 Å². The van der Waals surface area contributed by atoms with Crippen molar-refractivity contribution in [2.24, 2.45) is 0 Å². The molecule has 2 aromatic heterocycles. The first-order valence-corrected chi connectivity index (χ1v) is 12.4. The molecule has 198 valence electrons. The van der Waals surface area contributed by atoms with Gasteiger partial charge in [-0.1, -0.05) is 30.3 Å². The van der Waals surface area contributed by atoms with E-state index in [1.54, 1.807) is 17.2 Å². The van der Waals surface area contributed by atoms with Crippen LogP contribution < -0.4 is 9.64 Å². The van der Waals surface area contributed by atoms with E-state index in [1.807, 2.05) is 56.0 Å². The number of nitrogens with zero attached hydrogens (tertiary/aromatic N) is 5. The second kappa shape index (κ2) is 10.4. The maximum atomic E-state index is 16.1. The minimum atomic E-state index is -0.559. The van der Waals surface area contributed by atoms with Gasteiger partial charge in [0.05, 0.1) is 10.9 Å². The molecule has 5 rings (SSSR count). The van der Waals surface area contributed by atoms with Gasteiger partial charge in [-0.2, -0.15) is 0 Å². The standard InChI is InChI=1S/C28H30FN5O4/c1-28(2,3)38-27(35)34-13-11-33(12-14-34)26-20-15-30-25(23(29)24(20)31-16-32-26)22-19-8-6-5-7-18(19)9-10-21(22)37-17-36-4/h5-10,15-16H,11-14,17H2,1-4H3. The van der Waals surface area contributed by atoms with Gasteiger partial charge in [-0.05, 0) is 37.6 Å². The van der Waals surface area contributed by atoms with Gasteiger partial charge in [0.1, 0.15) is 34.7 Å². The molecule has 0 atom stereocenters. The Morgan fingerprint density at radius 1 is 1.00 bits per heavy atom. The van der Waals surface area contributed by atoms with Gasteiger partial charge in [0.25, 0.3) is 0 Å². The van der Waals surface area contributed by atoms with E-state index in [1.165, 1.54) is 13.4 Å². The van der Waals surface area contributed by atoms with Crippen molar-refractivity contribution in [2.45, 2.75) is 26.4 Å². The number of benzene rings is 2. The van der Waals surface area contributed by atoms with Crippen LogP contribution in [0.3, 0.4) is 0 Å². The summed E-state index contributed by atoms with van der Waals surface area (Å²) in [6.07, 6.45) is 2.62. The highest BCUT2D eigenvalue weighted by Crippen LogP contribution is 2.39. The molecule has 0 saturated carbocycles. The summed E-state index contributed by atoms with van der Waals surface area (Å²) >= 11 is 0. The zero-order valence-electron chi connectivity index (χ0n) is 21.9. The number of halogens is 1. The number of hydrogen-bond donors (Lipinski definition) is 0. The lowest BCUT2D eigenvalue weighted by atomic mass is 9.99. The van der Waals surface area contributed by atoms with Crippen LogP contribution >= 0.6 is 0 Å². The Labute approximate surface area is 220 Å². The first kappa shape index (κ1) is 25.6. The summed E-state index contributed by atoms with van der Waals surface area (Å²) < 4.78 is 32.5. The molecule has 1 fully saturated rings. The van der Waals surface area contributed by atoms with Crippen LogP contribution in [0.5, 0.6) is 5.75 Å². The quantitative estimate of drug-likeness (QED) is 0.340. The zero-order chi connectivity index (χ0) is 26.9. The van der Waals surface area contributed by atoms with Crippen molar-refractivity contribution in [3.8, 4) is 17.0 Å². The molecule has 1 saturated heterocycles. The minimum absolute atomic E-state index is 0.0160. The van der Waals surface area contributed by atoms with Crippen molar-refractivity contribution in [2.75, 3.05) is 45.0 Å². The number of hydrogen-bond acceptors (Lipinski definition) is 8. The predicted octanol–water partition coefficient (Wildman–Crippen LogP) is 5.02. The average Bonchev–Trinajstić information content (AvgIpc) is 2.91. The predicted molar refractivity (Wildman–Crippen MR) is 143 cm³/mol. The highest BCUT2D eigenvalue weighted by atomic mass is 19.1. The van der Waals surface area contributed by atoms with Gasteiger partial charge < -0.3 is 24.0 Å². The third kappa shape index (κ3) is 5.04. The summed E-state index contributed by atoms with van der Waals surface area (Å²) in [4.78, 5) is 29.4. The fourth-order valence-corrected chi connectivity index (χ4v) is 4.57. The van der Waals surface area contributed by atoms with Crippen LogP contribution in [0, 0.1) is 5.82 Å². The molecule has 9 nitrogen and oxygen atoms in total. The van der Waals surface area contributed by atoms with E-state index < -0.39 is 11.4 Å². The molecule has 2 aromatic carbocycles. The molecule has 0 bridgehead atoms. The molecule has 0 aliphatic carbocycles. The van der Waals surface area contributed by atoms with Crippen LogP contribution in [0.2, 0.25) is 0 Å². The van der Waals surface area contributed by atoms with Crippen molar-refractivity contribution in [3.63, 3.8) is 0 Å². The van der Waals surface area contributed by atoms with Gasteiger partial charge in [-0.25, -0.2) is 19.2 Å². The van der Waals surface area contributed by atoms with Crippen molar-refractivity contribution in [1.29, 1.82) is 0 Å². The summed E-state index contributed by atoms with van der Waals surface area (Å²) in [6.45, 7) is 7.51. The Morgan fingerprint density at radius 3 is 2.50 bits per heavy atom. The first-order valence-electron chi connectivity index (χ1n) is 12.4. The molecule has 0 N–H and O–H groups in total. The number of carbonyl (C=O) groups is 1. The summed E-state index contributed by atoms with van der Waals surface area (Å²) in [7, 11) is 1.53. The third-order valence-electron chi connectivity index (χ3n) is 6.29. The fourth-order valence-electron chi connectivity index (χ4n) is 4.57. The molecule has 1 aliphatic rings. The van der Waals surface area contributed by atoms with Crippen LogP contribution in [-0.2, 0) is 9.47 Å². The molecule has 38 heavy (non-hydrogen) atoms. The molecule has 4 aromatic rings. The number of rotatable bonds is 5. The second-order valence-corrected chi connectivity index (χ2v) is 10.0. The molecular formula is C28H30FN5O4. The van der Waals surface area contributed by atoms with Crippen LogP contribution in [0.1, 0.15) is 20.8 Å². The van der Waals surface area contributed by atoms with Crippen LogP contribution in [-0.4, -0.2) is 71.6 Å². The van der Waals surface area contributed by atoms with E-state index in [0.717, 1.165) is 10.8 Å². The maximum Gasteiger partial charge on any atom is 0.410 e. The van der Waals surface area contributed by atoms with Crippen molar-refractivity contribution in [3.05, 3.63) is 54.7 Å². The van der Waals surface area contributed by atoms with Gasteiger partial charge in [0.15, 0.2) is 12.6 Å². The van der Waals surface area contributed by atoms with E-state index in [2.05, 4.69) is 15.0 Å². The summed E-state index contributed by atoms with van der Waals surface area (Å²) in [5.41, 5.74) is 0.280. The van der Waals surface area contributed by atoms with E-state index in [0.29, 0.717) is 48.7 Å².